The van der Waals surface area contributed by atoms with Crippen LogP contribution in [-0.2, 0) is 16.1 Å². The van der Waals surface area contributed by atoms with Gasteiger partial charge in [-0.2, -0.15) is 4.37 Å². The molecule has 9 nitrogen and oxygen atoms in total. The number of rotatable bonds is 6. The second-order valence-electron chi connectivity index (χ2n) is 7.80. The van der Waals surface area contributed by atoms with Crippen molar-refractivity contribution in [2.45, 2.75) is 44.7 Å². The molecule has 1 atom stereocenters. The number of aromatic nitrogens is 5. The van der Waals surface area contributed by atoms with E-state index in [0.29, 0.717) is 41.2 Å². The quantitative estimate of drug-likeness (QED) is 0.525. The maximum absolute atomic E-state index is 13.3. The number of fused-ring (bicyclic) bond motifs is 1. The summed E-state index contributed by atoms with van der Waals surface area (Å²) in [5.41, 5.74) is 0.339. The van der Waals surface area contributed by atoms with Gasteiger partial charge in [0.2, 0.25) is 0 Å². The molecule has 1 aliphatic heterocycles. The Kier molecular flexibility index (Phi) is 5.41. The molecular formula is C21H21FN6O3S. The fourth-order valence-electron chi connectivity index (χ4n) is 3.86. The summed E-state index contributed by atoms with van der Waals surface area (Å²) < 4.78 is 24.8. The average Bonchev–Trinajstić information content (AvgIpc) is 3.36. The van der Waals surface area contributed by atoms with E-state index < -0.39 is 17.8 Å². The first-order valence-corrected chi connectivity index (χ1v) is 11.3. The van der Waals surface area contributed by atoms with Gasteiger partial charge in [0.1, 0.15) is 17.7 Å². The number of hydrogen-bond donors (Lipinski definition) is 0. The van der Waals surface area contributed by atoms with Crippen LogP contribution in [0, 0.1) is 5.82 Å². The average molecular weight is 457 g/mol. The van der Waals surface area contributed by atoms with Gasteiger partial charge in [0.05, 0.1) is 13.0 Å². The van der Waals surface area contributed by atoms with Crippen LogP contribution in [0.1, 0.15) is 60.2 Å². The van der Waals surface area contributed by atoms with Crippen LogP contribution in [0.5, 0.6) is 0 Å². The standard InChI is InChI=1S/C21H21FN6O3S/c1-2-31-16(29)11-15-18-24-25-19(20-23-17(26-32-20)12-3-4-12)28(18)10-9-27(15)21(30)13-5-7-14(22)8-6-13/h5-8,12,15H,2-4,9-11H2,1H3. The van der Waals surface area contributed by atoms with Crippen LogP contribution in [0.15, 0.2) is 24.3 Å². The van der Waals surface area contributed by atoms with Gasteiger partial charge in [0.15, 0.2) is 16.7 Å². The maximum atomic E-state index is 13.3. The molecule has 1 unspecified atom stereocenters. The summed E-state index contributed by atoms with van der Waals surface area (Å²) in [6.45, 7) is 2.76. The fraction of sp³-hybridized carbons (Fsp3) is 0.429. The molecule has 0 radical (unpaired) electrons. The Hall–Kier alpha value is -3.21. The van der Waals surface area contributed by atoms with Crippen molar-refractivity contribution >= 4 is 23.4 Å². The summed E-state index contributed by atoms with van der Waals surface area (Å²) >= 11 is 1.28. The molecule has 1 aliphatic carbocycles. The number of benzene rings is 1. The third-order valence-electron chi connectivity index (χ3n) is 5.61. The van der Waals surface area contributed by atoms with Crippen molar-refractivity contribution in [3.05, 3.63) is 47.3 Å². The molecule has 32 heavy (non-hydrogen) atoms. The molecule has 1 fully saturated rings. The van der Waals surface area contributed by atoms with Crippen LogP contribution in [0.4, 0.5) is 4.39 Å². The van der Waals surface area contributed by atoms with Crippen LogP contribution in [0.3, 0.4) is 0 Å². The highest BCUT2D eigenvalue weighted by Crippen LogP contribution is 2.40. The molecule has 3 aromatic rings. The lowest BCUT2D eigenvalue weighted by atomic mass is 10.1. The number of hydrogen-bond acceptors (Lipinski definition) is 8. The largest absolute Gasteiger partial charge is 0.466 e. The van der Waals surface area contributed by atoms with Crippen LogP contribution in [-0.4, -0.2) is 54.1 Å². The van der Waals surface area contributed by atoms with Crippen molar-refractivity contribution in [2.24, 2.45) is 0 Å². The van der Waals surface area contributed by atoms with Crippen molar-refractivity contribution in [2.75, 3.05) is 13.2 Å². The van der Waals surface area contributed by atoms with E-state index >= 15 is 0 Å². The smallest absolute Gasteiger partial charge is 0.308 e. The Bertz CT molecular complexity index is 1160. The topological polar surface area (TPSA) is 103 Å². The lowest BCUT2D eigenvalue weighted by Crippen LogP contribution is -2.43. The minimum atomic E-state index is -0.655. The Labute approximate surface area is 187 Å². The van der Waals surface area contributed by atoms with E-state index in [-0.39, 0.29) is 18.9 Å². The molecule has 1 aromatic carbocycles. The molecule has 1 saturated carbocycles. The maximum Gasteiger partial charge on any atom is 0.308 e. The minimum Gasteiger partial charge on any atom is -0.466 e. The van der Waals surface area contributed by atoms with E-state index in [1.807, 2.05) is 4.57 Å². The van der Waals surface area contributed by atoms with E-state index in [2.05, 4.69) is 19.6 Å². The molecular weight excluding hydrogens is 435 g/mol. The molecule has 1 amide bonds. The summed E-state index contributed by atoms with van der Waals surface area (Å²) in [7, 11) is 0. The van der Waals surface area contributed by atoms with Gasteiger partial charge in [-0.15, -0.1) is 10.2 Å². The molecule has 2 aromatic heterocycles. The monoisotopic (exact) mass is 456 g/mol. The number of halogens is 1. The molecule has 0 saturated heterocycles. The highest BCUT2D eigenvalue weighted by molar-refractivity contribution is 7.09. The van der Waals surface area contributed by atoms with Crippen molar-refractivity contribution in [1.82, 2.24) is 29.0 Å². The van der Waals surface area contributed by atoms with E-state index in [4.69, 9.17) is 4.74 Å². The number of ether oxygens (including phenoxy) is 1. The zero-order valence-corrected chi connectivity index (χ0v) is 18.2. The number of carbonyl (C=O) groups is 2. The van der Waals surface area contributed by atoms with Gasteiger partial charge < -0.3 is 14.2 Å². The third kappa shape index (κ3) is 3.88. The summed E-state index contributed by atoms with van der Waals surface area (Å²) in [5, 5.41) is 9.33. The molecule has 166 valence electrons. The molecule has 0 spiro atoms. The highest BCUT2D eigenvalue weighted by Gasteiger charge is 2.37. The van der Waals surface area contributed by atoms with Crippen molar-refractivity contribution in [3.8, 4) is 10.8 Å². The zero-order valence-electron chi connectivity index (χ0n) is 17.4. The molecule has 11 heteroatoms. The molecule has 3 heterocycles. The fourth-order valence-corrected chi connectivity index (χ4v) is 4.59. The van der Waals surface area contributed by atoms with Gasteiger partial charge in [0.25, 0.3) is 5.91 Å². The predicted octanol–water partition coefficient (Wildman–Crippen LogP) is 2.96. The molecule has 0 N–H and O–H groups in total. The second-order valence-corrected chi connectivity index (χ2v) is 8.55. The van der Waals surface area contributed by atoms with Crippen molar-refractivity contribution in [3.63, 3.8) is 0 Å². The van der Waals surface area contributed by atoms with Gasteiger partial charge in [-0.1, -0.05) is 0 Å². The number of carbonyl (C=O) groups excluding carboxylic acids is 2. The Morgan fingerprint density at radius 3 is 2.69 bits per heavy atom. The summed E-state index contributed by atoms with van der Waals surface area (Å²) in [5.74, 6) is 1.21. The van der Waals surface area contributed by atoms with E-state index in [9.17, 15) is 14.0 Å². The summed E-state index contributed by atoms with van der Waals surface area (Å²) in [6.07, 6.45) is 2.16. The molecule has 5 rings (SSSR count). The Balaban J connectivity index is 1.48. The van der Waals surface area contributed by atoms with E-state index in [1.54, 1.807) is 11.8 Å². The Morgan fingerprint density at radius 2 is 1.97 bits per heavy atom. The lowest BCUT2D eigenvalue weighted by Gasteiger charge is -2.35. The summed E-state index contributed by atoms with van der Waals surface area (Å²) in [4.78, 5) is 31.8. The van der Waals surface area contributed by atoms with Crippen molar-refractivity contribution < 1.29 is 18.7 Å². The predicted molar refractivity (Wildman–Crippen MR) is 112 cm³/mol. The third-order valence-corrected chi connectivity index (χ3v) is 6.34. The first kappa shape index (κ1) is 20.7. The molecule has 0 bridgehead atoms. The zero-order chi connectivity index (χ0) is 22.2. The van der Waals surface area contributed by atoms with Crippen LogP contribution in [0.2, 0.25) is 0 Å². The first-order valence-electron chi connectivity index (χ1n) is 10.5. The number of amides is 1. The first-order chi connectivity index (χ1) is 15.5. The summed E-state index contributed by atoms with van der Waals surface area (Å²) in [6, 6.07) is 4.70. The van der Waals surface area contributed by atoms with Gasteiger partial charge in [-0.3, -0.25) is 9.59 Å². The minimum absolute atomic E-state index is 0.0532. The van der Waals surface area contributed by atoms with Crippen LogP contribution >= 0.6 is 11.5 Å². The van der Waals surface area contributed by atoms with Gasteiger partial charge in [-0.25, -0.2) is 9.37 Å². The van der Waals surface area contributed by atoms with E-state index in [1.165, 1.54) is 35.8 Å². The van der Waals surface area contributed by atoms with Gasteiger partial charge in [0, 0.05) is 24.6 Å². The van der Waals surface area contributed by atoms with Crippen molar-refractivity contribution in [1.29, 1.82) is 0 Å². The number of esters is 1. The van der Waals surface area contributed by atoms with Gasteiger partial charge in [-0.05, 0) is 55.6 Å². The van der Waals surface area contributed by atoms with Crippen LogP contribution in [0.25, 0.3) is 10.8 Å². The lowest BCUT2D eigenvalue weighted by molar-refractivity contribution is -0.144. The second kappa shape index (κ2) is 8.38. The normalized spacial score (nSPS) is 17.8. The molecule has 2 aliphatic rings. The Morgan fingerprint density at radius 1 is 1.19 bits per heavy atom. The van der Waals surface area contributed by atoms with Gasteiger partial charge >= 0.3 is 5.97 Å². The number of nitrogens with zero attached hydrogens (tertiary/aromatic N) is 6. The highest BCUT2D eigenvalue weighted by atomic mass is 32.1. The van der Waals surface area contributed by atoms with E-state index in [0.717, 1.165) is 18.7 Å². The SMILES string of the molecule is CCOC(=O)CC1c2nnc(-c3nc(C4CC4)ns3)n2CCN1C(=O)c1ccc(F)cc1. The van der Waals surface area contributed by atoms with Crippen LogP contribution < -0.4 is 0 Å².